The molecular formula is C16H22N2O2S. The second-order valence-corrected chi connectivity index (χ2v) is 6.47. The Bertz CT molecular complexity index is 549. The Kier molecular flexibility index (Phi) is 6.14. The van der Waals surface area contributed by atoms with E-state index in [0.717, 1.165) is 29.8 Å². The Balaban J connectivity index is 1.70. The summed E-state index contributed by atoms with van der Waals surface area (Å²) in [6.07, 6.45) is 2.92. The summed E-state index contributed by atoms with van der Waals surface area (Å²) in [5, 5.41) is 12.8. The highest BCUT2D eigenvalue weighted by Crippen LogP contribution is 2.22. The molecule has 21 heavy (non-hydrogen) atoms. The maximum Gasteiger partial charge on any atom is 0.220 e. The summed E-state index contributed by atoms with van der Waals surface area (Å²) in [5.41, 5.74) is 1.04. The molecule has 1 aromatic carbocycles. The number of rotatable bonds is 8. The van der Waals surface area contributed by atoms with Crippen LogP contribution in [0.3, 0.4) is 0 Å². The van der Waals surface area contributed by atoms with Crippen LogP contribution in [0.1, 0.15) is 31.2 Å². The lowest BCUT2D eigenvalue weighted by molar-refractivity contribution is -0.121. The van der Waals surface area contributed by atoms with E-state index in [0.29, 0.717) is 18.9 Å². The van der Waals surface area contributed by atoms with Crippen LogP contribution in [-0.2, 0) is 11.2 Å². The number of thiazole rings is 1. The van der Waals surface area contributed by atoms with Crippen molar-refractivity contribution in [3.63, 3.8) is 0 Å². The molecule has 0 aliphatic carbocycles. The van der Waals surface area contributed by atoms with E-state index in [9.17, 15) is 4.79 Å². The molecule has 0 saturated heterocycles. The molecule has 5 heteroatoms. The smallest absolute Gasteiger partial charge is 0.220 e. The summed E-state index contributed by atoms with van der Waals surface area (Å²) in [5.74, 6) is 0.407. The summed E-state index contributed by atoms with van der Waals surface area (Å²) in [6, 6.07) is 8.11. The number of amides is 1. The fraction of sp³-hybridized carbons (Fsp3) is 0.500. The minimum Gasteiger partial charge on any atom is -0.396 e. The normalized spacial score (nSPS) is 12.5. The van der Waals surface area contributed by atoms with Crippen molar-refractivity contribution in [2.75, 3.05) is 13.2 Å². The highest BCUT2D eigenvalue weighted by atomic mass is 32.1. The zero-order valence-corrected chi connectivity index (χ0v) is 13.2. The third-order valence-electron chi connectivity index (χ3n) is 3.40. The third-order valence-corrected chi connectivity index (χ3v) is 4.50. The molecule has 0 aliphatic heterocycles. The van der Waals surface area contributed by atoms with Gasteiger partial charge in [0.15, 0.2) is 0 Å². The number of carbonyl (C=O) groups is 1. The maximum atomic E-state index is 11.7. The van der Waals surface area contributed by atoms with E-state index in [1.807, 2.05) is 25.1 Å². The van der Waals surface area contributed by atoms with E-state index in [1.165, 1.54) is 4.70 Å². The van der Waals surface area contributed by atoms with Crippen LogP contribution < -0.4 is 5.32 Å². The molecule has 0 aliphatic rings. The molecule has 0 fully saturated rings. The van der Waals surface area contributed by atoms with Gasteiger partial charge in [-0.2, -0.15) is 0 Å². The number of aromatic nitrogens is 1. The topological polar surface area (TPSA) is 62.2 Å². The predicted octanol–water partition coefficient (Wildman–Crippen LogP) is 2.75. The van der Waals surface area contributed by atoms with Crippen LogP contribution in [0.4, 0.5) is 0 Å². The monoisotopic (exact) mass is 306 g/mol. The van der Waals surface area contributed by atoms with Crippen molar-refractivity contribution in [2.45, 2.75) is 32.6 Å². The summed E-state index contributed by atoms with van der Waals surface area (Å²) < 4.78 is 1.20. The van der Waals surface area contributed by atoms with Gasteiger partial charge in [-0.15, -0.1) is 11.3 Å². The quantitative estimate of drug-likeness (QED) is 0.788. The van der Waals surface area contributed by atoms with Gasteiger partial charge < -0.3 is 10.4 Å². The van der Waals surface area contributed by atoms with Crippen molar-refractivity contribution in [2.24, 2.45) is 5.92 Å². The van der Waals surface area contributed by atoms with Gasteiger partial charge in [0.2, 0.25) is 5.91 Å². The van der Waals surface area contributed by atoms with Gasteiger partial charge in [0, 0.05) is 19.6 Å². The highest BCUT2D eigenvalue weighted by Gasteiger charge is 2.07. The second kappa shape index (κ2) is 8.10. The number of aryl methyl sites for hydroxylation is 1. The number of fused-ring (bicyclic) bond motifs is 1. The number of benzene rings is 1. The number of para-hydroxylation sites is 1. The van der Waals surface area contributed by atoms with Crippen molar-refractivity contribution < 1.29 is 9.90 Å². The summed E-state index contributed by atoms with van der Waals surface area (Å²) in [6.45, 7) is 2.84. The van der Waals surface area contributed by atoms with E-state index >= 15 is 0 Å². The van der Waals surface area contributed by atoms with Crippen molar-refractivity contribution in [1.82, 2.24) is 10.3 Å². The number of hydrogen-bond acceptors (Lipinski definition) is 4. The number of nitrogens with one attached hydrogen (secondary N) is 1. The molecule has 0 bridgehead atoms. The number of carbonyl (C=O) groups excluding carboxylic acids is 1. The van der Waals surface area contributed by atoms with Gasteiger partial charge in [0.05, 0.1) is 15.2 Å². The Morgan fingerprint density at radius 3 is 3.00 bits per heavy atom. The Morgan fingerprint density at radius 2 is 2.24 bits per heavy atom. The van der Waals surface area contributed by atoms with E-state index in [-0.39, 0.29) is 12.5 Å². The zero-order valence-electron chi connectivity index (χ0n) is 12.3. The van der Waals surface area contributed by atoms with Crippen molar-refractivity contribution in [1.29, 1.82) is 0 Å². The number of aliphatic hydroxyl groups is 1. The molecule has 114 valence electrons. The number of aliphatic hydroxyl groups excluding tert-OH is 1. The Hall–Kier alpha value is -1.46. The first-order valence-electron chi connectivity index (χ1n) is 7.41. The lowest BCUT2D eigenvalue weighted by Crippen LogP contribution is -2.28. The molecule has 2 rings (SSSR count). The molecule has 2 aromatic rings. The van der Waals surface area contributed by atoms with E-state index in [1.54, 1.807) is 11.3 Å². The average molecular weight is 306 g/mol. The minimum absolute atomic E-state index is 0.0842. The fourth-order valence-corrected chi connectivity index (χ4v) is 3.14. The van der Waals surface area contributed by atoms with Crippen LogP contribution in [0.25, 0.3) is 10.2 Å². The van der Waals surface area contributed by atoms with E-state index in [4.69, 9.17) is 5.11 Å². The maximum absolute atomic E-state index is 11.7. The van der Waals surface area contributed by atoms with E-state index < -0.39 is 0 Å². The highest BCUT2D eigenvalue weighted by molar-refractivity contribution is 7.18. The van der Waals surface area contributed by atoms with Gasteiger partial charge in [-0.3, -0.25) is 4.79 Å². The third kappa shape index (κ3) is 5.10. The van der Waals surface area contributed by atoms with Crippen molar-refractivity contribution >= 4 is 27.5 Å². The summed E-state index contributed by atoms with van der Waals surface area (Å²) in [4.78, 5) is 16.3. The zero-order chi connectivity index (χ0) is 15.1. The number of hydrogen-bond donors (Lipinski definition) is 2. The van der Waals surface area contributed by atoms with E-state index in [2.05, 4.69) is 16.4 Å². The Morgan fingerprint density at radius 1 is 1.43 bits per heavy atom. The summed E-state index contributed by atoms with van der Waals surface area (Å²) >= 11 is 1.70. The van der Waals surface area contributed by atoms with Gasteiger partial charge in [-0.25, -0.2) is 4.98 Å². The van der Waals surface area contributed by atoms with Crippen LogP contribution in [0.2, 0.25) is 0 Å². The Labute approximate surface area is 129 Å². The minimum atomic E-state index is 0.0842. The average Bonchev–Trinajstić information content (AvgIpc) is 2.88. The molecule has 1 aromatic heterocycles. The van der Waals surface area contributed by atoms with Crippen LogP contribution in [0, 0.1) is 5.92 Å². The van der Waals surface area contributed by atoms with Gasteiger partial charge in [-0.1, -0.05) is 19.1 Å². The van der Waals surface area contributed by atoms with Crippen molar-refractivity contribution in [3.8, 4) is 0 Å². The SMILES string of the molecule is CC(CCO)CNC(=O)CCCc1nc2ccccc2s1. The second-order valence-electron chi connectivity index (χ2n) is 5.35. The van der Waals surface area contributed by atoms with Crippen LogP contribution >= 0.6 is 11.3 Å². The van der Waals surface area contributed by atoms with Crippen LogP contribution in [0.15, 0.2) is 24.3 Å². The lowest BCUT2D eigenvalue weighted by atomic mass is 10.1. The van der Waals surface area contributed by atoms with Crippen molar-refractivity contribution in [3.05, 3.63) is 29.3 Å². The molecular weight excluding hydrogens is 284 g/mol. The molecule has 0 radical (unpaired) electrons. The fourth-order valence-electron chi connectivity index (χ4n) is 2.13. The van der Waals surface area contributed by atoms with Gasteiger partial charge in [-0.05, 0) is 37.3 Å². The molecule has 2 N–H and O–H groups in total. The molecule has 0 spiro atoms. The first-order chi connectivity index (χ1) is 10.2. The largest absolute Gasteiger partial charge is 0.396 e. The van der Waals surface area contributed by atoms with Gasteiger partial charge in [0.1, 0.15) is 0 Å². The van der Waals surface area contributed by atoms with Crippen LogP contribution in [0.5, 0.6) is 0 Å². The molecule has 1 atom stereocenters. The lowest BCUT2D eigenvalue weighted by Gasteiger charge is -2.10. The van der Waals surface area contributed by atoms with Gasteiger partial charge in [0.25, 0.3) is 0 Å². The molecule has 1 unspecified atom stereocenters. The predicted molar refractivity (Wildman–Crippen MR) is 86.4 cm³/mol. The first-order valence-corrected chi connectivity index (χ1v) is 8.22. The van der Waals surface area contributed by atoms with Crippen LogP contribution in [-0.4, -0.2) is 29.1 Å². The standard InChI is InChI=1S/C16H22N2O2S/c1-12(9-10-19)11-17-15(20)7-4-8-16-18-13-5-2-3-6-14(13)21-16/h2-3,5-6,12,19H,4,7-11H2,1H3,(H,17,20). The van der Waals surface area contributed by atoms with Gasteiger partial charge >= 0.3 is 0 Å². The molecule has 1 heterocycles. The summed E-state index contributed by atoms with van der Waals surface area (Å²) in [7, 11) is 0. The molecule has 4 nitrogen and oxygen atoms in total. The molecule has 0 saturated carbocycles. The first kappa shape index (κ1) is 15.9. The number of nitrogens with zero attached hydrogens (tertiary/aromatic N) is 1. The molecule has 1 amide bonds.